The zero-order valence-corrected chi connectivity index (χ0v) is 9.58. The van der Waals surface area contributed by atoms with Crippen molar-refractivity contribution in [2.45, 2.75) is 25.5 Å². The van der Waals surface area contributed by atoms with Crippen LogP contribution in [0.15, 0.2) is 35.2 Å². The Morgan fingerprint density at radius 3 is 2.88 bits per heavy atom. The summed E-state index contributed by atoms with van der Waals surface area (Å²) in [5, 5.41) is 13.8. The summed E-state index contributed by atoms with van der Waals surface area (Å²) in [6, 6.07) is 5.19. The van der Waals surface area contributed by atoms with Gasteiger partial charge in [-0.3, -0.25) is 4.98 Å². The first kappa shape index (κ1) is 11.8. The first-order valence-electron chi connectivity index (χ1n) is 5.43. The summed E-state index contributed by atoms with van der Waals surface area (Å²) in [6.07, 6.45) is 2.85. The van der Waals surface area contributed by atoms with Gasteiger partial charge in [-0.15, -0.1) is 0 Å². The smallest absolute Gasteiger partial charge is 0.129 e. The molecule has 0 radical (unpaired) electrons. The van der Waals surface area contributed by atoms with Gasteiger partial charge in [0.2, 0.25) is 0 Å². The maximum Gasteiger partial charge on any atom is 0.129 e. The van der Waals surface area contributed by atoms with Crippen LogP contribution in [0.2, 0.25) is 0 Å². The van der Waals surface area contributed by atoms with Gasteiger partial charge in [0.05, 0.1) is 11.8 Å². The van der Waals surface area contributed by atoms with Crippen molar-refractivity contribution in [1.82, 2.24) is 10.1 Å². The molecule has 0 saturated carbocycles. The second-order valence-electron chi connectivity index (χ2n) is 3.99. The van der Waals surface area contributed by atoms with Crippen LogP contribution in [-0.2, 0) is 6.42 Å². The molecule has 2 aromatic heterocycles. The number of aliphatic hydroxyl groups excluding tert-OH is 1. The molecule has 3 N–H and O–H groups in total. The molecule has 0 aliphatic heterocycles. The monoisotopic (exact) mass is 233 g/mol. The molecule has 0 amide bonds. The highest BCUT2D eigenvalue weighted by Crippen LogP contribution is 2.20. The van der Waals surface area contributed by atoms with E-state index in [2.05, 4.69) is 10.1 Å². The Balaban J connectivity index is 2.06. The molecule has 2 aromatic rings. The molecule has 0 bridgehead atoms. The maximum atomic E-state index is 10.1. The van der Waals surface area contributed by atoms with Gasteiger partial charge in [-0.1, -0.05) is 11.2 Å². The summed E-state index contributed by atoms with van der Waals surface area (Å²) in [5.74, 6) is 0. The number of aryl methyl sites for hydroxylation is 1. The quantitative estimate of drug-likeness (QED) is 0.822. The van der Waals surface area contributed by atoms with Crippen molar-refractivity contribution >= 4 is 0 Å². The van der Waals surface area contributed by atoms with Gasteiger partial charge in [-0.05, 0) is 19.1 Å². The number of hydrogen-bond donors (Lipinski definition) is 2. The van der Waals surface area contributed by atoms with Gasteiger partial charge in [0.25, 0.3) is 0 Å². The van der Waals surface area contributed by atoms with Crippen LogP contribution in [0.5, 0.6) is 0 Å². The molecule has 2 rings (SSSR count). The third kappa shape index (κ3) is 2.69. The molecule has 0 aromatic carbocycles. The van der Waals surface area contributed by atoms with E-state index in [1.165, 1.54) is 6.26 Å². The van der Waals surface area contributed by atoms with Gasteiger partial charge in [0, 0.05) is 29.9 Å². The van der Waals surface area contributed by atoms with Crippen molar-refractivity contribution in [3.63, 3.8) is 0 Å². The van der Waals surface area contributed by atoms with E-state index in [0.29, 0.717) is 17.7 Å². The van der Waals surface area contributed by atoms with E-state index < -0.39 is 12.1 Å². The number of aliphatic hydroxyl groups is 1. The highest BCUT2D eigenvalue weighted by atomic mass is 16.5. The van der Waals surface area contributed by atoms with Gasteiger partial charge in [-0.2, -0.15) is 0 Å². The minimum atomic E-state index is -0.789. The van der Waals surface area contributed by atoms with Crippen LogP contribution in [-0.4, -0.2) is 21.3 Å². The van der Waals surface area contributed by atoms with E-state index >= 15 is 0 Å². The van der Waals surface area contributed by atoms with Crippen molar-refractivity contribution in [3.8, 4) is 0 Å². The second kappa shape index (κ2) is 5.07. The minimum absolute atomic E-state index is 0.428. The van der Waals surface area contributed by atoms with Crippen LogP contribution in [0, 0.1) is 6.92 Å². The second-order valence-corrected chi connectivity index (χ2v) is 3.99. The molecule has 2 unspecified atom stereocenters. The molecule has 5 nitrogen and oxygen atoms in total. The Morgan fingerprint density at radius 1 is 1.47 bits per heavy atom. The Bertz CT molecular complexity index is 470. The summed E-state index contributed by atoms with van der Waals surface area (Å²) >= 11 is 0. The lowest BCUT2D eigenvalue weighted by atomic mass is 10.00. The lowest BCUT2D eigenvalue weighted by Gasteiger charge is -2.17. The molecule has 0 spiro atoms. The molecular weight excluding hydrogens is 218 g/mol. The zero-order chi connectivity index (χ0) is 12.3. The minimum Gasteiger partial charge on any atom is -0.387 e. The fourth-order valence-corrected chi connectivity index (χ4v) is 1.69. The Hall–Kier alpha value is -1.72. The average Bonchev–Trinajstić information content (AvgIpc) is 2.76. The zero-order valence-electron chi connectivity index (χ0n) is 9.58. The standard InChI is InChI=1S/C12H15N3O2/c1-8-10(7-17-15-8)12(16)11(13)6-9-4-2-3-5-14-9/h2-5,7,11-12,16H,6,13H2,1H3. The Labute approximate surface area is 99.3 Å². The van der Waals surface area contributed by atoms with E-state index in [9.17, 15) is 5.11 Å². The summed E-state index contributed by atoms with van der Waals surface area (Å²) in [4.78, 5) is 4.17. The van der Waals surface area contributed by atoms with E-state index in [4.69, 9.17) is 10.3 Å². The third-order valence-corrected chi connectivity index (χ3v) is 2.68. The summed E-state index contributed by atoms with van der Waals surface area (Å²) in [5.41, 5.74) is 8.10. The predicted octanol–water partition coefficient (Wildman–Crippen LogP) is 0.981. The molecule has 90 valence electrons. The van der Waals surface area contributed by atoms with Gasteiger partial charge in [-0.25, -0.2) is 0 Å². The number of hydrogen-bond acceptors (Lipinski definition) is 5. The summed E-state index contributed by atoms with van der Waals surface area (Å²) in [6.45, 7) is 1.77. The topological polar surface area (TPSA) is 85.2 Å². The predicted molar refractivity (Wildman–Crippen MR) is 62.1 cm³/mol. The number of aromatic nitrogens is 2. The molecule has 0 fully saturated rings. The lowest BCUT2D eigenvalue weighted by molar-refractivity contribution is 0.144. The molecule has 0 saturated heterocycles. The highest BCUT2D eigenvalue weighted by Gasteiger charge is 2.21. The van der Waals surface area contributed by atoms with E-state index in [0.717, 1.165) is 5.69 Å². The summed E-state index contributed by atoms with van der Waals surface area (Å²) in [7, 11) is 0. The van der Waals surface area contributed by atoms with Crippen LogP contribution < -0.4 is 5.73 Å². The first-order chi connectivity index (χ1) is 8.18. The van der Waals surface area contributed by atoms with Gasteiger partial charge in [0.15, 0.2) is 0 Å². The van der Waals surface area contributed by atoms with Gasteiger partial charge in [0.1, 0.15) is 6.26 Å². The van der Waals surface area contributed by atoms with Crippen LogP contribution in [0.25, 0.3) is 0 Å². The van der Waals surface area contributed by atoms with E-state index in [1.54, 1.807) is 13.1 Å². The molecular formula is C12H15N3O2. The summed E-state index contributed by atoms with van der Waals surface area (Å²) < 4.78 is 4.79. The number of nitrogens with zero attached hydrogens (tertiary/aromatic N) is 2. The van der Waals surface area contributed by atoms with Crippen LogP contribution in [0.3, 0.4) is 0 Å². The Morgan fingerprint density at radius 2 is 2.29 bits per heavy atom. The van der Waals surface area contributed by atoms with Gasteiger partial charge >= 0.3 is 0 Å². The number of nitrogens with two attached hydrogens (primary N) is 1. The molecule has 0 aliphatic rings. The highest BCUT2D eigenvalue weighted by molar-refractivity contribution is 5.18. The van der Waals surface area contributed by atoms with Crippen molar-refractivity contribution in [2.75, 3.05) is 0 Å². The first-order valence-corrected chi connectivity index (χ1v) is 5.43. The van der Waals surface area contributed by atoms with Crippen molar-refractivity contribution in [3.05, 3.63) is 47.6 Å². The molecule has 17 heavy (non-hydrogen) atoms. The van der Waals surface area contributed by atoms with Gasteiger partial charge < -0.3 is 15.4 Å². The SMILES string of the molecule is Cc1nocc1C(O)C(N)Cc1ccccn1. The third-order valence-electron chi connectivity index (χ3n) is 2.68. The van der Waals surface area contributed by atoms with Crippen molar-refractivity contribution in [2.24, 2.45) is 5.73 Å². The van der Waals surface area contributed by atoms with E-state index in [1.807, 2.05) is 18.2 Å². The maximum absolute atomic E-state index is 10.1. The fourth-order valence-electron chi connectivity index (χ4n) is 1.69. The van der Waals surface area contributed by atoms with Crippen LogP contribution in [0.4, 0.5) is 0 Å². The number of pyridine rings is 1. The number of rotatable bonds is 4. The molecule has 0 aliphatic carbocycles. The molecule has 2 atom stereocenters. The van der Waals surface area contributed by atoms with Crippen molar-refractivity contribution in [1.29, 1.82) is 0 Å². The molecule has 5 heteroatoms. The van der Waals surface area contributed by atoms with E-state index in [-0.39, 0.29) is 0 Å². The van der Waals surface area contributed by atoms with Crippen LogP contribution >= 0.6 is 0 Å². The molecule has 2 heterocycles. The fraction of sp³-hybridized carbons (Fsp3) is 0.333. The average molecular weight is 233 g/mol. The van der Waals surface area contributed by atoms with Crippen LogP contribution in [0.1, 0.15) is 23.1 Å². The lowest BCUT2D eigenvalue weighted by Crippen LogP contribution is -2.31. The Kier molecular flexibility index (Phi) is 3.51. The largest absolute Gasteiger partial charge is 0.387 e. The van der Waals surface area contributed by atoms with Crippen molar-refractivity contribution < 1.29 is 9.63 Å². The normalized spacial score (nSPS) is 14.5.